The van der Waals surface area contributed by atoms with Crippen LogP contribution in [0, 0.1) is 10.8 Å². The molecule has 20 heavy (non-hydrogen) atoms. The molecule has 0 amide bonds. The number of hydroxylamine groups is 1. The maximum atomic E-state index is 10.9. The molecule has 0 bridgehead atoms. The lowest BCUT2D eigenvalue weighted by Crippen LogP contribution is -2.32. The fourth-order valence-corrected chi connectivity index (χ4v) is 1.64. The third kappa shape index (κ3) is 4.96. The van der Waals surface area contributed by atoms with Crippen molar-refractivity contribution < 1.29 is 14.4 Å². The molecular weight excluding hydrogens is 256 g/mol. The minimum Gasteiger partial charge on any atom is -0.465 e. The lowest BCUT2D eigenvalue weighted by Gasteiger charge is -2.24. The molecule has 0 aliphatic carbocycles. The lowest BCUT2D eigenvalue weighted by atomic mass is 9.86. The van der Waals surface area contributed by atoms with Crippen LogP contribution in [0.5, 0.6) is 0 Å². The van der Waals surface area contributed by atoms with Crippen molar-refractivity contribution in [1.29, 1.82) is 0 Å². The zero-order chi connectivity index (χ0) is 15.4. The number of ether oxygens (including phenoxy) is 1. The molecule has 1 unspecified atom stereocenters. The third-order valence-electron chi connectivity index (χ3n) is 3.12. The van der Waals surface area contributed by atoms with Gasteiger partial charge in [0.1, 0.15) is 5.84 Å². The van der Waals surface area contributed by atoms with E-state index in [0.717, 1.165) is 12.3 Å². The SMILES string of the molecule is CCC1N=C(C(C)(C)/C=C/C(C)(C)COC(C)=O)NO1. The second-order valence-electron chi connectivity index (χ2n) is 6.38. The Morgan fingerprint density at radius 1 is 1.40 bits per heavy atom. The molecule has 114 valence electrons. The van der Waals surface area contributed by atoms with E-state index in [4.69, 9.17) is 9.57 Å². The Balaban J connectivity index is 2.69. The first-order chi connectivity index (χ1) is 9.16. The van der Waals surface area contributed by atoms with Crippen LogP contribution in [0.15, 0.2) is 17.1 Å². The summed E-state index contributed by atoms with van der Waals surface area (Å²) in [6, 6.07) is 0. The number of hydrogen-bond donors (Lipinski definition) is 1. The van der Waals surface area contributed by atoms with E-state index < -0.39 is 0 Å². The van der Waals surface area contributed by atoms with E-state index in [2.05, 4.69) is 36.5 Å². The Morgan fingerprint density at radius 3 is 2.55 bits per heavy atom. The number of rotatable bonds is 6. The number of carbonyl (C=O) groups is 1. The summed E-state index contributed by atoms with van der Waals surface area (Å²) in [7, 11) is 0. The number of aliphatic imine (C=N–C) groups is 1. The van der Waals surface area contributed by atoms with Crippen LogP contribution < -0.4 is 5.48 Å². The topological polar surface area (TPSA) is 59.9 Å². The summed E-state index contributed by atoms with van der Waals surface area (Å²) in [5.74, 6) is 0.565. The van der Waals surface area contributed by atoms with Gasteiger partial charge in [0.05, 0.1) is 6.61 Å². The molecule has 1 heterocycles. The first-order valence-corrected chi connectivity index (χ1v) is 7.00. The second-order valence-corrected chi connectivity index (χ2v) is 6.38. The minimum atomic E-state index is -0.258. The van der Waals surface area contributed by atoms with Crippen LogP contribution in [-0.4, -0.2) is 24.6 Å². The van der Waals surface area contributed by atoms with Crippen molar-refractivity contribution in [3.05, 3.63) is 12.2 Å². The molecule has 1 aliphatic heterocycles. The molecule has 0 aromatic heterocycles. The van der Waals surface area contributed by atoms with Gasteiger partial charge in [-0.05, 0) is 20.3 Å². The van der Waals surface area contributed by atoms with E-state index in [1.807, 2.05) is 20.8 Å². The van der Waals surface area contributed by atoms with Crippen LogP contribution in [-0.2, 0) is 14.4 Å². The van der Waals surface area contributed by atoms with E-state index in [1.165, 1.54) is 6.92 Å². The zero-order valence-electron chi connectivity index (χ0n) is 13.3. The molecule has 0 radical (unpaired) electrons. The van der Waals surface area contributed by atoms with Crippen LogP contribution in [0.4, 0.5) is 0 Å². The van der Waals surface area contributed by atoms with Gasteiger partial charge in [-0.25, -0.2) is 15.3 Å². The largest absolute Gasteiger partial charge is 0.465 e. The Hall–Kier alpha value is -1.36. The average Bonchev–Trinajstić information content (AvgIpc) is 2.84. The molecule has 0 fully saturated rings. The van der Waals surface area contributed by atoms with Crippen LogP contribution >= 0.6 is 0 Å². The Morgan fingerprint density at radius 2 is 2.05 bits per heavy atom. The molecule has 5 heteroatoms. The van der Waals surface area contributed by atoms with Crippen molar-refractivity contribution in [1.82, 2.24) is 5.48 Å². The zero-order valence-corrected chi connectivity index (χ0v) is 13.3. The molecule has 0 saturated heterocycles. The monoisotopic (exact) mass is 282 g/mol. The third-order valence-corrected chi connectivity index (χ3v) is 3.12. The molecule has 1 rings (SSSR count). The smallest absolute Gasteiger partial charge is 0.302 e. The molecule has 1 atom stereocenters. The second kappa shape index (κ2) is 6.39. The first kappa shape index (κ1) is 16.7. The lowest BCUT2D eigenvalue weighted by molar-refractivity contribution is -0.143. The Labute approximate surface area is 121 Å². The number of carbonyl (C=O) groups excluding carboxylic acids is 1. The van der Waals surface area contributed by atoms with Gasteiger partial charge in [0.2, 0.25) is 0 Å². The summed E-state index contributed by atoms with van der Waals surface area (Å²) in [5, 5.41) is 0. The quantitative estimate of drug-likeness (QED) is 0.601. The van der Waals surface area contributed by atoms with E-state index in [0.29, 0.717) is 6.61 Å². The van der Waals surface area contributed by atoms with Gasteiger partial charge in [-0.3, -0.25) is 4.79 Å². The van der Waals surface area contributed by atoms with E-state index in [9.17, 15) is 4.79 Å². The minimum absolute atomic E-state index is 0.105. The molecule has 5 nitrogen and oxygen atoms in total. The number of esters is 1. The summed E-state index contributed by atoms with van der Waals surface area (Å²) in [4.78, 5) is 20.7. The van der Waals surface area contributed by atoms with E-state index in [-0.39, 0.29) is 23.0 Å². The van der Waals surface area contributed by atoms with Crippen LogP contribution in [0.25, 0.3) is 0 Å². The van der Waals surface area contributed by atoms with E-state index in [1.54, 1.807) is 0 Å². The van der Waals surface area contributed by atoms with E-state index >= 15 is 0 Å². The summed E-state index contributed by atoms with van der Waals surface area (Å²) < 4.78 is 5.07. The summed E-state index contributed by atoms with van der Waals surface area (Å²) in [6.07, 6.45) is 4.86. The predicted molar refractivity (Wildman–Crippen MR) is 79.1 cm³/mol. The fourth-order valence-electron chi connectivity index (χ4n) is 1.64. The molecule has 1 aliphatic rings. The normalized spacial score (nSPS) is 19.9. The van der Waals surface area contributed by atoms with Crippen molar-refractivity contribution >= 4 is 11.8 Å². The first-order valence-electron chi connectivity index (χ1n) is 7.00. The molecular formula is C15H26N2O3. The highest BCUT2D eigenvalue weighted by Gasteiger charge is 2.29. The van der Waals surface area contributed by atoms with Crippen molar-refractivity contribution in [2.45, 2.75) is 54.2 Å². The summed E-state index contributed by atoms with van der Waals surface area (Å²) >= 11 is 0. The Bertz CT molecular complexity index is 411. The van der Waals surface area contributed by atoms with Crippen LogP contribution in [0.3, 0.4) is 0 Å². The number of amidine groups is 1. The molecule has 1 N–H and O–H groups in total. The highest BCUT2D eigenvalue weighted by molar-refractivity contribution is 5.89. The van der Waals surface area contributed by atoms with Gasteiger partial charge in [0.25, 0.3) is 0 Å². The summed E-state index contributed by atoms with van der Waals surface area (Å²) in [5.41, 5.74) is 2.43. The maximum Gasteiger partial charge on any atom is 0.302 e. The number of nitrogens with one attached hydrogen (secondary N) is 1. The van der Waals surface area contributed by atoms with Gasteiger partial charge in [-0.2, -0.15) is 0 Å². The summed E-state index contributed by atoms with van der Waals surface area (Å²) in [6.45, 7) is 12.0. The van der Waals surface area contributed by atoms with Crippen molar-refractivity contribution in [3.63, 3.8) is 0 Å². The fraction of sp³-hybridized carbons (Fsp3) is 0.733. The average molecular weight is 282 g/mol. The van der Waals surface area contributed by atoms with Gasteiger partial charge in [0.15, 0.2) is 6.23 Å². The molecule has 0 saturated carbocycles. The van der Waals surface area contributed by atoms with Crippen LogP contribution in [0.1, 0.15) is 48.0 Å². The maximum absolute atomic E-state index is 10.9. The van der Waals surface area contributed by atoms with Crippen molar-refractivity contribution in [2.24, 2.45) is 15.8 Å². The highest BCUT2D eigenvalue weighted by Crippen LogP contribution is 2.26. The van der Waals surface area contributed by atoms with Gasteiger partial charge in [-0.1, -0.05) is 32.9 Å². The van der Waals surface area contributed by atoms with Crippen LogP contribution in [0.2, 0.25) is 0 Å². The molecule has 0 aromatic carbocycles. The number of nitrogens with zero attached hydrogens (tertiary/aromatic N) is 1. The van der Waals surface area contributed by atoms with Gasteiger partial charge in [0, 0.05) is 17.8 Å². The van der Waals surface area contributed by atoms with Gasteiger partial charge in [-0.15, -0.1) is 0 Å². The van der Waals surface area contributed by atoms with Gasteiger partial charge >= 0.3 is 5.97 Å². The van der Waals surface area contributed by atoms with Crippen molar-refractivity contribution in [2.75, 3.05) is 6.61 Å². The van der Waals surface area contributed by atoms with Gasteiger partial charge < -0.3 is 4.74 Å². The predicted octanol–water partition coefficient (Wildman–Crippen LogP) is 2.83. The standard InChI is InChI=1S/C15H26N2O3/c1-7-12-16-13(17-20-12)15(5,6)9-8-14(3,4)10-19-11(2)18/h8-9,12H,7,10H2,1-6H3,(H,16,17)/b9-8+. The Kier molecular flexibility index (Phi) is 5.34. The molecule has 0 spiro atoms. The van der Waals surface area contributed by atoms with Crippen molar-refractivity contribution in [3.8, 4) is 0 Å². The number of hydrogen-bond acceptors (Lipinski definition) is 5. The highest BCUT2D eigenvalue weighted by atomic mass is 16.7. The molecule has 0 aromatic rings.